The van der Waals surface area contributed by atoms with Gasteiger partial charge in [0.05, 0.1) is 17.6 Å². The van der Waals surface area contributed by atoms with E-state index in [1.165, 1.54) is 13.3 Å². The maximum Gasteiger partial charge on any atom is 0.194 e. The van der Waals surface area contributed by atoms with E-state index in [0.717, 1.165) is 12.1 Å². The van der Waals surface area contributed by atoms with Crippen LogP contribution in [-0.2, 0) is 0 Å². The molecule has 1 atom stereocenters. The number of ether oxygens (including phenoxy) is 2. The largest absolute Gasteiger partial charge is 0.497 e. The van der Waals surface area contributed by atoms with E-state index < -0.39 is 29.0 Å². The summed E-state index contributed by atoms with van der Waals surface area (Å²) in [5.41, 5.74) is 0.584. The summed E-state index contributed by atoms with van der Waals surface area (Å²) in [6.07, 6.45) is 2.12. The van der Waals surface area contributed by atoms with Crippen molar-refractivity contribution in [2.75, 3.05) is 40.0 Å². The van der Waals surface area contributed by atoms with Gasteiger partial charge in [0.2, 0.25) is 0 Å². The number of pyridine rings is 1. The number of likely N-dealkylation sites (tertiary alicyclic amines) is 1. The molecule has 0 amide bonds. The fraction of sp³-hybridized carbons (Fsp3) is 0.444. The first-order chi connectivity index (χ1) is 17.7. The maximum atomic E-state index is 15.6. The fourth-order valence-corrected chi connectivity index (χ4v) is 5.11. The molecule has 1 aliphatic heterocycles. The van der Waals surface area contributed by atoms with Crippen LogP contribution >= 0.6 is 11.6 Å². The molecule has 1 fully saturated rings. The number of nitrogens with zero attached hydrogens (tertiary/aromatic N) is 2. The van der Waals surface area contributed by atoms with Crippen molar-refractivity contribution < 1.29 is 32.1 Å². The van der Waals surface area contributed by atoms with E-state index in [9.17, 15) is 18.3 Å². The van der Waals surface area contributed by atoms with Crippen molar-refractivity contribution in [1.82, 2.24) is 9.88 Å². The number of aliphatic hydroxyl groups excluding tert-OH is 1. The van der Waals surface area contributed by atoms with Crippen LogP contribution < -0.4 is 9.47 Å². The summed E-state index contributed by atoms with van der Waals surface area (Å²) in [6, 6.07) is 6.88. The average Bonchev–Trinajstić information content (AvgIpc) is 2.90. The third-order valence-electron chi connectivity index (χ3n) is 7.20. The van der Waals surface area contributed by atoms with E-state index >= 15 is 4.39 Å². The van der Waals surface area contributed by atoms with Crippen molar-refractivity contribution in [3.63, 3.8) is 0 Å². The van der Waals surface area contributed by atoms with Crippen LogP contribution in [0.3, 0.4) is 0 Å². The predicted molar refractivity (Wildman–Crippen MR) is 133 cm³/mol. The first-order valence-corrected chi connectivity index (χ1v) is 12.5. The van der Waals surface area contributed by atoms with Crippen LogP contribution in [0.4, 0.5) is 17.6 Å². The number of aromatic nitrogens is 1. The Hall–Kier alpha value is -2.62. The van der Waals surface area contributed by atoms with Gasteiger partial charge in [-0.25, -0.2) is 17.6 Å². The van der Waals surface area contributed by atoms with Crippen LogP contribution in [-0.4, -0.2) is 54.9 Å². The summed E-state index contributed by atoms with van der Waals surface area (Å²) in [7, 11) is 1.54. The summed E-state index contributed by atoms with van der Waals surface area (Å²) in [6.45, 7) is 1.91. The number of aliphatic hydroxyl groups is 1. The Morgan fingerprint density at radius 2 is 1.81 bits per heavy atom. The lowest BCUT2D eigenvalue weighted by molar-refractivity contribution is 0.0266. The summed E-state index contributed by atoms with van der Waals surface area (Å²) >= 11 is 6.35. The number of fused-ring (bicyclic) bond motifs is 1. The summed E-state index contributed by atoms with van der Waals surface area (Å²) in [4.78, 5) is 6.39. The van der Waals surface area contributed by atoms with Crippen LogP contribution in [0.25, 0.3) is 10.9 Å². The highest BCUT2D eigenvalue weighted by Gasteiger charge is 2.35. The number of piperidine rings is 1. The van der Waals surface area contributed by atoms with Gasteiger partial charge < -0.3 is 14.6 Å². The van der Waals surface area contributed by atoms with E-state index in [-0.39, 0.29) is 30.4 Å². The number of methoxy groups -OCH3 is 1. The van der Waals surface area contributed by atoms with Gasteiger partial charge in [0.1, 0.15) is 24.3 Å². The van der Waals surface area contributed by atoms with Gasteiger partial charge >= 0.3 is 0 Å². The number of hydrogen-bond donors (Lipinski definition) is 1. The van der Waals surface area contributed by atoms with Crippen LogP contribution in [0.5, 0.6) is 11.5 Å². The zero-order chi connectivity index (χ0) is 26.6. The average molecular weight is 541 g/mol. The first-order valence-electron chi connectivity index (χ1n) is 12.1. The normalized spacial score (nSPS) is 16.6. The zero-order valence-electron chi connectivity index (χ0n) is 20.5. The number of benzene rings is 2. The summed E-state index contributed by atoms with van der Waals surface area (Å²) in [5.74, 6) is -3.62. The molecule has 1 aromatic heterocycles. The van der Waals surface area contributed by atoms with E-state index in [2.05, 4.69) is 9.88 Å². The Morgan fingerprint density at radius 3 is 2.46 bits per heavy atom. The van der Waals surface area contributed by atoms with Crippen LogP contribution in [0.15, 0.2) is 36.5 Å². The highest BCUT2D eigenvalue weighted by atomic mass is 35.5. The van der Waals surface area contributed by atoms with Gasteiger partial charge in [-0.3, -0.25) is 9.88 Å². The van der Waals surface area contributed by atoms with Gasteiger partial charge in [-0.1, -0.05) is 11.6 Å². The van der Waals surface area contributed by atoms with Gasteiger partial charge in [0.15, 0.2) is 17.5 Å². The molecule has 0 saturated carbocycles. The van der Waals surface area contributed by atoms with Crippen molar-refractivity contribution in [3.05, 3.63) is 64.6 Å². The van der Waals surface area contributed by atoms with Crippen molar-refractivity contribution in [3.8, 4) is 11.5 Å². The monoisotopic (exact) mass is 540 g/mol. The molecule has 2 aromatic carbocycles. The van der Waals surface area contributed by atoms with Crippen LogP contribution in [0.2, 0.25) is 5.02 Å². The highest BCUT2D eigenvalue weighted by molar-refractivity contribution is 6.32. The van der Waals surface area contributed by atoms with E-state index in [4.69, 9.17) is 21.1 Å². The minimum absolute atomic E-state index is 0.0587. The Morgan fingerprint density at radius 1 is 1.11 bits per heavy atom. The van der Waals surface area contributed by atoms with Crippen LogP contribution in [0.1, 0.15) is 37.4 Å². The predicted octanol–water partition coefficient (Wildman–Crippen LogP) is 6.26. The highest BCUT2D eigenvalue weighted by Crippen LogP contribution is 2.41. The quantitative estimate of drug-likeness (QED) is 0.243. The molecule has 0 unspecified atom stereocenters. The third kappa shape index (κ3) is 6.27. The number of hydrogen-bond acceptors (Lipinski definition) is 5. The number of alkyl halides is 1. The maximum absolute atomic E-state index is 15.6. The topological polar surface area (TPSA) is 54.8 Å². The van der Waals surface area contributed by atoms with E-state index in [1.807, 2.05) is 0 Å². The lowest BCUT2D eigenvalue weighted by Gasteiger charge is -2.41. The Kier molecular flexibility index (Phi) is 8.77. The molecule has 0 aliphatic carbocycles. The third-order valence-corrected chi connectivity index (χ3v) is 7.50. The Labute approximate surface area is 218 Å². The molecule has 1 saturated heterocycles. The zero-order valence-corrected chi connectivity index (χ0v) is 21.2. The molecule has 37 heavy (non-hydrogen) atoms. The van der Waals surface area contributed by atoms with Gasteiger partial charge in [-0.15, -0.1) is 0 Å². The molecular formula is C27H29ClF4N2O3. The van der Waals surface area contributed by atoms with Gasteiger partial charge in [-0.05, 0) is 62.4 Å². The summed E-state index contributed by atoms with van der Waals surface area (Å²) in [5, 5.41) is 11.0. The van der Waals surface area contributed by atoms with Crippen molar-refractivity contribution >= 4 is 22.5 Å². The molecule has 1 aliphatic rings. The van der Waals surface area contributed by atoms with Gasteiger partial charge in [0, 0.05) is 42.4 Å². The second kappa shape index (κ2) is 11.8. The Balaban J connectivity index is 1.32. The molecule has 10 heteroatoms. The molecule has 0 radical (unpaired) electrons. The van der Waals surface area contributed by atoms with Crippen molar-refractivity contribution in [2.45, 2.75) is 31.9 Å². The second-order valence-corrected chi connectivity index (χ2v) is 9.87. The van der Waals surface area contributed by atoms with Gasteiger partial charge in [-0.2, -0.15) is 0 Å². The molecule has 1 N–H and O–H groups in total. The van der Waals surface area contributed by atoms with Gasteiger partial charge in [0.25, 0.3) is 0 Å². The molecule has 0 bridgehead atoms. The van der Waals surface area contributed by atoms with Crippen molar-refractivity contribution in [2.24, 2.45) is 5.41 Å². The molecule has 5 nitrogen and oxygen atoms in total. The van der Waals surface area contributed by atoms with Crippen LogP contribution in [0, 0.1) is 22.9 Å². The van der Waals surface area contributed by atoms with E-state index in [0.29, 0.717) is 61.1 Å². The minimum atomic E-state index is -1.53. The first kappa shape index (κ1) is 27.4. The Bertz CT molecular complexity index is 1210. The molecule has 4 rings (SSSR count). The summed E-state index contributed by atoms with van der Waals surface area (Å²) < 4.78 is 66.0. The second-order valence-electron chi connectivity index (χ2n) is 9.46. The SMILES string of the molecule is COc1ccc2ncc(Cl)c([C@@H](F)CCC3(CO)CCN(CCOc4cc(F)c(F)c(F)c4)CC3)c2c1. The lowest BCUT2D eigenvalue weighted by atomic mass is 9.74. The lowest BCUT2D eigenvalue weighted by Crippen LogP contribution is -2.43. The molecule has 3 aromatic rings. The minimum Gasteiger partial charge on any atom is -0.497 e. The molecule has 200 valence electrons. The number of halogens is 5. The smallest absolute Gasteiger partial charge is 0.194 e. The van der Waals surface area contributed by atoms with Crippen molar-refractivity contribution in [1.29, 1.82) is 0 Å². The molecule has 0 spiro atoms. The fourth-order valence-electron chi connectivity index (χ4n) is 4.84. The molecule has 2 heterocycles. The standard InChI is InChI=1S/C27H29ClF4N2O3/c1-36-17-2-3-24-19(12-17)25(20(28)15-33-24)21(29)4-5-27(16-35)6-8-34(9-7-27)10-11-37-18-13-22(30)26(32)23(31)14-18/h2-3,12-15,21,35H,4-11,16H2,1H3/t21-/m0/s1. The molecular weight excluding hydrogens is 512 g/mol. The van der Waals surface area contributed by atoms with E-state index in [1.54, 1.807) is 18.2 Å². The number of rotatable bonds is 10.